The monoisotopic (exact) mass is 512 g/mol. The fourth-order valence-electron chi connectivity index (χ4n) is 4.34. The number of carboxylic acid groups (broad SMARTS) is 1. The predicted molar refractivity (Wildman–Crippen MR) is 127 cm³/mol. The molecule has 192 valence electrons. The van der Waals surface area contributed by atoms with Crippen LogP contribution in [0.3, 0.4) is 0 Å². The molecule has 0 atom stereocenters. The number of alkyl halides is 3. The number of aromatic nitrogens is 3. The first-order valence-electron chi connectivity index (χ1n) is 11.5. The van der Waals surface area contributed by atoms with Crippen LogP contribution in [0.1, 0.15) is 46.4 Å². The van der Waals surface area contributed by atoms with E-state index in [1.807, 2.05) is 4.90 Å². The van der Waals surface area contributed by atoms with Crippen LogP contribution in [0.25, 0.3) is 5.69 Å². The summed E-state index contributed by atoms with van der Waals surface area (Å²) in [4.78, 5) is 30.1. The minimum Gasteiger partial charge on any atom is -0.481 e. The summed E-state index contributed by atoms with van der Waals surface area (Å²) in [6.07, 6.45) is -0.222. The Bertz CT molecular complexity index is 1350. The third-order valence-corrected chi connectivity index (χ3v) is 6.32. The Balaban J connectivity index is 1.46. The highest BCUT2D eigenvalue weighted by Crippen LogP contribution is 2.30. The maximum Gasteiger partial charge on any atom is 0.416 e. The smallest absolute Gasteiger partial charge is 0.416 e. The summed E-state index contributed by atoms with van der Waals surface area (Å²) < 4.78 is 39.9. The first-order valence-corrected chi connectivity index (χ1v) is 11.5. The quantitative estimate of drug-likeness (QED) is 0.501. The molecular formula is C25H23F3N6O3. The van der Waals surface area contributed by atoms with Gasteiger partial charge in [0.2, 0.25) is 0 Å². The van der Waals surface area contributed by atoms with Gasteiger partial charge in [-0.3, -0.25) is 9.59 Å². The highest BCUT2D eigenvalue weighted by molar-refractivity contribution is 6.05. The second-order valence-corrected chi connectivity index (χ2v) is 8.79. The van der Waals surface area contributed by atoms with Gasteiger partial charge in [-0.2, -0.15) is 23.5 Å². The molecule has 2 aromatic heterocycles. The molecule has 0 saturated carbocycles. The molecule has 37 heavy (non-hydrogen) atoms. The topological polar surface area (TPSA) is 124 Å². The number of aliphatic carboxylic acids is 1. The van der Waals surface area contributed by atoms with Crippen LogP contribution < -0.4 is 10.2 Å². The summed E-state index contributed by atoms with van der Waals surface area (Å²) >= 11 is 0. The van der Waals surface area contributed by atoms with Crippen LogP contribution in [0.15, 0.2) is 42.7 Å². The number of carboxylic acids is 1. The number of piperidine rings is 1. The fourth-order valence-corrected chi connectivity index (χ4v) is 4.34. The second kappa shape index (κ2) is 10.3. The molecule has 1 fully saturated rings. The zero-order valence-corrected chi connectivity index (χ0v) is 19.8. The van der Waals surface area contributed by atoms with Crippen molar-refractivity contribution >= 4 is 23.4 Å². The molecule has 1 aliphatic rings. The lowest BCUT2D eigenvalue weighted by Gasteiger charge is -2.32. The lowest BCUT2D eigenvalue weighted by Crippen LogP contribution is -2.35. The summed E-state index contributed by atoms with van der Waals surface area (Å²) in [5, 5.41) is 25.5. The molecule has 1 aromatic carbocycles. The molecule has 1 amide bonds. The van der Waals surface area contributed by atoms with E-state index in [-0.39, 0.29) is 23.5 Å². The summed E-state index contributed by atoms with van der Waals surface area (Å²) in [5.41, 5.74) is 0.788. The molecule has 0 spiro atoms. The van der Waals surface area contributed by atoms with E-state index in [0.29, 0.717) is 48.8 Å². The summed E-state index contributed by atoms with van der Waals surface area (Å²) in [6.45, 7) is 2.77. The highest BCUT2D eigenvalue weighted by Gasteiger charge is 2.30. The number of hydrogen-bond donors (Lipinski definition) is 2. The largest absolute Gasteiger partial charge is 0.481 e. The number of amides is 1. The summed E-state index contributed by atoms with van der Waals surface area (Å²) in [6, 6.07) is 8.05. The first-order chi connectivity index (χ1) is 17.6. The van der Waals surface area contributed by atoms with Gasteiger partial charge in [-0.15, -0.1) is 0 Å². The minimum atomic E-state index is -4.45. The van der Waals surface area contributed by atoms with Crippen molar-refractivity contribution in [1.29, 1.82) is 5.26 Å². The fraction of sp³-hybridized carbons (Fsp3) is 0.320. The number of nitrogens with zero attached hydrogens (tertiary/aromatic N) is 5. The number of halogens is 3. The van der Waals surface area contributed by atoms with E-state index in [4.69, 9.17) is 5.11 Å². The molecular weight excluding hydrogens is 489 g/mol. The van der Waals surface area contributed by atoms with E-state index < -0.39 is 23.6 Å². The number of carbonyl (C=O) groups is 2. The average molecular weight is 512 g/mol. The van der Waals surface area contributed by atoms with Crippen LogP contribution in [-0.4, -0.2) is 44.8 Å². The van der Waals surface area contributed by atoms with Gasteiger partial charge in [-0.05, 0) is 56.0 Å². The molecule has 1 aliphatic heterocycles. The molecule has 0 radical (unpaired) electrons. The van der Waals surface area contributed by atoms with Gasteiger partial charge in [0.1, 0.15) is 11.9 Å². The average Bonchev–Trinajstić information content (AvgIpc) is 3.25. The van der Waals surface area contributed by atoms with Crippen LogP contribution in [0.4, 0.5) is 24.7 Å². The Hall–Kier alpha value is -4.40. The van der Waals surface area contributed by atoms with Crippen molar-refractivity contribution in [3.63, 3.8) is 0 Å². The number of anilines is 2. The van der Waals surface area contributed by atoms with Crippen molar-refractivity contribution in [2.75, 3.05) is 23.3 Å². The van der Waals surface area contributed by atoms with Crippen molar-refractivity contribution in [1.82, 2.24) is 14.8 Å². The first kappa shape index (κ1) is 25.7. The van der Waals surface area contributed by atoms with Gasteiger partial charge in [0.15, 0.2) is 0 Å². The Kier molecular flexibility index (Phi) is 7.15. The Labute approximate surface area is 210 Å². The summed E-state index contributed by atoms with van der Waals surface area (Å²) in [7, 11) is 0. The van der Waals surface area contributed by atoms with Gasteiger partial charge in [0, 0.05) is 19.5 Å². The number of hydrogen-bond acceptors (Lipinski definition) is 6. The van der Waals surface area contributed by atoms with Gasteiger partial charge in [-0.25, -0.2) is 9.67 Å². The van der Waals surface area contributed by atoms with E-state index >= 15 is 0 Å². The highest BCUT2D eigenvalue weighted by atomic mass is 19.4. The van der Waals surface area contributed by atoms with Gasteiger partial charge < -0.3 is 15.3 Å². The number of nitriles is 1. The maximum absolute atomic E-state index is 12.9. The Morgan fingerprint density at radius 1 is 1.19 bits per heavy atom. The van der Waals surface area contributed by atoms with Crippen molar-refractivity contribution in [2.24, 2.45) is 5.92 Å². The molecule has 0 aliphatic carbocycles. The van der Waals surface area contributed by atoms with E-state index in [0.717, 1.165) is 12.1 Å². The number of pyridine rings is 1. The molecule has 0 bridgehead atoms. The summed E-state index contributed by atoms with van der Waals surface area (Å²) in [5.74, 6) is -0.775. The van der Waals surface area contributed by atoms with Gasteiger partial charge in [0.05, 0.1) is 46.2 Å². The third-order valence-electron chi connectivity index (χ3n) is 6.32. The van der Waals surface area contributed by atoms with Crippen molar-refractivity contribution in [2.45, 2.75) is 32.4 Å². The van der Waals surface area contributed by atoms with E-state index in [2.05, 4.69) is 21.5 Å². The van der Waals surface area contributed by atoms with E-state index in [9.17, 15) is 28.0 Å². The minimum absolute atomic E-state index is 0.0876. The Morgan fingerprint density at radius 3 is 2.46 bits per heavy atom. The maximum atomic E-state index is 12.9. The molecule has 4 rings (SSSR count). The van der Waals surface area contributed by atoms with Crippen LogP contribution >= 0.6 is 0 Å². The normalized spacial score (nSPS) is 14.3. The second-order valence-electron chi connectivity index (χ2n) is 8.79. The van der Waals surface area contributed by atoms with Gasteiger partial charge >= 0.3 is 12.1 Å². The molecule has 9 nitrogen and oxygen atoms in total. The standard InChI is InChI=1S/C25H23F3N6O3/c1-15-21(14-31-34(15)20-4-2-18(3-5-20)25(26,27)28)24(37)32-19-11-17(12-29)23(30-13-19)33-8-6-16(7-9-33)10-22(35)36/h2-5,11,13-14,16H,6-10H2,1H3,(H,32,37)(H,35,36). The van der Waals surface area contributed by atoms with Crippen molar-refractivity contribution in [3.8, 4) is 11.8 Å². The SMILES string of the molecule is Cc1c(C(=O)Nc2cnc(N3CCC(CC(=O)O)CC3)c(C#N)c2)cnn1-c1ccc(C(F)(F)F)cc1. The zero-order valence-electron chi connectivity index (χ0n) is 19.8. The number of nitrogens with one attached hydrogen (secondary N) is 1. The van der Waals surface area contributed by atoms with Gasteiger partial charge in [-0.1, -0.05) is 0 Å². The molecule has 3 heterocycles. The van der Waals surface area contributed by atoms with Crippen molar-refractivity contribution in [3.05, 3.63) is 65.1 Å². The number of benzene rings is 1. The van der Waals surface area contributed by atoms with Crippen LogP contribution in [0, 0.1) is 24.2 Å². The molecule has 12 heteroatoms. The molecule has 1 saturated heterocycles. The zero-order chi connectivity index (χ0) is 26.7. The number of carbonyl (C=O) groups excluding carboxylic acids is 1. The van der Waals surface area contributed by atoms with Crippen LogP contribution in [0.5, 0.6) is 0 Å². The Morgan fingerprint density at radius 2 is 1.86 bits per heavy atom. The molecule has 2 N–H and O–H groups in total. The lowest BCUT2D eigenvalue weighted by atomic mass is 9.93. The molecule has 3 aromatic rings. The van der Waals surface area contributed by atoms with E-state index in [1.54, 1.807) is 6.92 Å². The predicted octanol–water partition coefficient (Wildman–Crippen LogP) is 4.41. The lowest BCUT2D eigenvalue weighted by molar-refractivity contribution is -0.138. The van der Waals surface area contributed by atoms with Crippen LogP contribution in [-0.2, 0) is 11.0 Å². The van der Waals surface area contributed by atoms with E-state index in [1.165, 1.54) is 35.3 Å². The molecule has 0 unspecified atom stereocenters. The van der Waals surface area contributed by atoms with Crippen molar-refractivity contribution < 1.29 is 27.9 Å². The third kappa shape index (κ3) is 5.72. The van der Waals surface area contributed by atoms with Crippen LogP contribution in [0.2, 0.25) is 0 Å². The van der Waals surface area contributed by atoms with Gasteiger partial charge in [0.25, 0.3) is 5.91 Å². The number of rotatable bonds is 6.